The molecule has 2 aromatic carbocycles. The maximum absolute atomic E-state index is 13.9. The molecule has 12 heteroatoms. The summed E-state index contributed by atoms with van der Waals surface area (Å²) < 4.78 is 17.6. The lowest BCUT2D eigenvalue weighted by atomic mass is 9.82. The second-order valence-electron chi connectivity index (χ2n) is 15.4. The Balaban J connectivity index is 1.65. The maximum Gasteiger partial charge on any atom is 0.328 e. The molecule has 1 saturated heterocycles. The van der Waals surface area contributed by atoms with E-state index in [2.05, 4.69) is 16.0 Å². The third-order valence-electron chi connectivity index (χ3n) is 9.80. The fraction of sp³-hybridized carbons (Fsp3) is 0.538. The van der Waals surface area contributed by atoms with Gasteiger partial charge in [0, 0.05) is 31.3 Å². The van der Waals surface area contributed by atoms with Crippen LogP contribution in [0.15, 0.2) is 54.6 Å². The maximum atomic E-state index is 13.9. The number of carbonyl (C=O) groups excluding carboxylic acids is 4. The highest BCUT2D eigenvalue weighted by atomic mass is 35.5. The van der Waals surface area contributed by atoms with Crippen LogP contribution in [0.5, 0.6) is 5.75 Å². The molecule has 1 fully saturated rings. The van der Waals surface area contributed by atoms with Crippen molar-refractivity contribution in [3.63, 3.8) is 0 Å². The van der Waals surface area contributed by atoms with Gasteiger partial charge in [0.1, 0.15) is 30.0 Å². The molecule has 2 aliphatic heterocycles. The zero-order valence-corrected chi connectivity index (χ0v) is 31.6. The highest BCUT2D eigenvalue weighted by Crippen LogP contribution is 2.45. The average molecular weight is 725 g/mol. The van der Waals surface area contributed by atoms with Gasteiger partial charge in [-0.05, 0) is 67.5 Å². The van der Waals surface area contributed by atoms with Gasteiger partial charge in [-0.3, -0.25) is 14.4 Å². The molecular formula is C39H53ClN4O7. The summed E-state index contributed by atoms with van der Waals surface area (Å²) in [5, 5.41) is 9.04. The molecule has 7 atom stereocenters. The molecule has 2 aliphatic rings. The molecule has 2 heterocycles. The van der Waals surface area contributed by atoms with Gasteiger partial charge < -0.3 is 35.9 Å². The molecule has 0 radical (unpaired) electrons. The van der Waals surface area contributed by atoms with E-state index in [4.69, 9.17) is 31.5 Å². The molecule has 4 rings (SSSR count). The molecule has 278 valence electrons. The van der Waals surface area contributed by atoms with Crippen LogP contribution >= 0.6 is 11.6 Å². The molecule has 0 spiro atoms. The van der Waals surface area contributed by atoms with Crippen LogP contribution in [0, 0.1) is 16.7 Å². The topological polar surface area (TPSA) is 161 Å². The van der Waals surface area contributed by atoms with Crippen LogP contribution in [-0.2, 0) is 41.6 Å². The minimum atomic E-state index is -1.15. The third kappa shape index (κ3) is 10.6. The van der Waals surface area contributed by atoms with Crippen LogP contribution in [-0.4, -0.2) is 61.1 Å². The van der Waals surface area contributed by atoms with Crippen LogP contribution in [0.1, 0.15) is 84.1 Å². The van der Waals surface area contributed by atoms with Gasteiger partial charge in [-0.2, -0.15) is 0 Å². The van der Waals surface area contributed by atoms with Gasteiger partial charge in [0.25, 0.3) is 0 Å². The Kier molecular flexibility index (Phi) is 13.0. The first kappa shape index (κ1) is 39.8. The van der Waals surface area contributed by atoms with E-state index in [1.807, 2.05) is 52.0 Å². The van der Waals surface area contributed by atoms with E-state index in [-0.39, 0.29) is 36.4 Å². The van der Waals surface area contributed by atoms with Gasteiger partial charge in [0.15, 0.2) is 0 Å². The number of carbonyl (C=O) groups is 4. The smallest absolute Gasteiger partial charge is 0.328 e. The number of methoxy groups -OCH3 is 1. The van der Waals surface area contributed by atoms with E-state index in [0.717, 1.165) is 11.1 Å². The minimum Gasteiger partial charge on any atom is -0.495 e. The number of amides is 3. The minimum absolute atomic E-state index is 0.131. The van der Waals surface area contributed by atoms with Crippen LogP contribution in [0.2, 0.25) is 5.02 Å². The van der Waals surface area contributed by atoms with Crippen molar-refractivity contribution in [1.82, 2.24) is 16.0 Å². The van der Waals surface area contributed by atoms with Crippen molar-refractivity contribution in [2.45, 2.75) is 111 Å². The molecule has 0 aromatic heterocycles. The standard InChI is InChI=1S/C39H53ClN4O7/c1-22(33-34(51-33)26-15-12-24(21-41)13-16-26)30-10-9-11-32(45)43-28(19-25-14-17-31(49-8)27(40)18-25)35(46)42-23(2)39(6,7)37(48)44-29(36(47)50-30)20-38(3,4)5/h9,11-18,22-23,28-30,33-34H,10,19-21,41H2,1-8H3,(H,42,46)(H,43,45)(H,44,48)/b11-9+/t22-,23-,28?,29-,30-,33+,34+/m0/s1. The number of benzene rings is 2. The van der Waals surface area contributed by atoms with E-state index in [1.165, 1.54) is 13.2 Å². The van der Waals surface area contributed by atoms with E-state index < -0.39 is 53.3 Å². The number of hydrogen-bond acceptors (Lipinski definition) is 8. The molecule has 0 bridgehead atoms. The summed E-state index contributed by atoms with van der Waals surface area (Å²) in [6.45, 7) is 13.4. The Bertz CT molecular complexity index is 1600. The van der Waals surface area contributed by atoms with E-state index in [1.54, 1.807) is 45.0 Å². The summed E-state index contributed by atoms with van der Waals surface area (Å²) in [7, 11) is 1.51. The largest absolute Gasteiger partial charge is 0.495 e. The van der Waals surface area contributed by atoms with E-state index in [0.29, 0.717) is 29.3 Å². The molecule has 11 nitrogen and oxygen atoms in total. The van der Waals surface area contributed by atoms with Gasteiger partial charge >= 0.3 is 5.97 Å². The molecule has 51 heavy (non-hydrogen) atoms. The zero-order valence-electron chi connectivity index (χ0n) is 30.9. The van der Waals surface area contributed by atoms with Crippen molar-refractivity contribution >= 4 is 35.3 Å². The average Bonchev–Trinajstić information content (AvgIpc) is 3.87. The van der Waals surface area contributed by atoms with Crippen molar-refractivity contribution < 1.29 is 33.4 Å². The Labute approximate surface area is 306 Å². The summed E-state index contributed by atoms with van der Waals surface area (Å²) in [5.74, 6) is -1.76. The van der Waals surface area contributed by atoms with Crippen molar-refractivity contribution in [3.8, 4) is 5.75 Å². The number of cyclic esters (lactones) is 1. The summed E-state index contributed by atoms with van der Waals surface area (Å²) in [6.07, 6.45) is 2.52. The number of epoxide rings is 1. The van der Waals surface area contributed by atoms with Gasteiger partial charge in [-0.15, -0.1) is 0 Å². The number of hydrogen-bond donors (Lipinski definition) is 4. The molecule has 3 amide bonds. The van der Waals surface area contributed by atoms with Crippen molar-refractivity contribution in [2.24, 2.45) is 22.5 Å². The number of rotatable bonds is 8. The second kappa shape index (κ2) is 16.6. The lowest BCUT2D eigenvalue weighted by Gasteiger charge is -2.35. The molecule has 5 N–H and O–H groups in total. The fourth-order valence-electron chi connectivity index (χ4n) is 6.10. The molecule has 2 aromatic rings. The summed E-state index contributed by atoms with van der Waals surface area (Å²) in [5.41, 5.74) is 6.99. The fourth-order valence-corrected chi connectivity index (χ4v) is 6.38. The molecule has 0 saturated carbocycles. The Morgan fingerprint density at radius 2 is 1.67 bits per heavy atom. The Hall–Kier alpha value is -3.93. The molecule has 1 unspecified atom stereocenters. The number of nitrogens with two attached hydrogens (primary N) is 1. The number of nitrogens with one attached hydrogen (secondary N) is 3. The van der Waals surface area contributed by atoms with Crippen LogP contribution < -0.4 is 26.4 Å². The van der Waals surface area contributed by atoms with Gasteiger partial charge in [0.05, 0.1) is 23.7 Å². The quantitative estimate of drug-likeness (QED) is 0.220. The number of halogens is 1. The first-order valence-electron chi connectivity index (χ1n) is 17.5. The van der Waals surface area contributed by atoms with Crippen LogP contribution in [0.25, 0.3) is 0 Å². The van der Waals surface area contributed by atoms with E-state index in [9.17, 15) is 19.2 Å². The van der Waals surface area contributed by atoms with Gasteiger partial charge in [-0.1, -0.05) is 75.7 Å². The molecular weight excluding hydrogens is 672 g/mol. The van der Waals surface area contributed by atoms with Gasteiger partial charge in [0.2, 0.25) is 17.7 Å². The lowest BCUT2D eigenvalue weighted by Crippen LogP contribution is -2.58. The second-order valence-corrected chi connectivity index (χ2v) is 15.8. The normalized spacial score (nSPS) is 27.3. The van der Waals surface area contributed by atoms with Crippen LogP contribution in [0.3, 0.4) is 0 Å². The highest BCUT2D eigenvalue weighted by molar-refractivity contribution is 6.32. The van der Waals surface area contributed by atoms with Crippen molar-refractivity contribution in [3.05, 3.63) is 76.3 Å². The van der Waals surface area contributed by atoms with Gasteiger partial charge in [-0.25, -0.2) is 4.79 Å². The van der Waals surface area contributed by atoms with Crippen molar-refractivity contribution in [1.29, 1.82) is 0 Å². The Morgan fingerprint density at radius 3 is 2.27 bits per heavy atom. The molecule has 0 aliphatic carbocycles. The third-order valence-corrected chi connectivity index (χ3v) is 10.1. The predicted molar refractivity (Wildman–Crippen MR) is 196 cm³/mol. The zero-order chi connectivity index (χ0) is 37.7. The van der Waals surface area contributed by atoms with Crippen molar-refractivity contribution in [2.75, 3.05) is 7.11 Å². The van der Waals surface area contributed by atoms with E-state index >= 15 is 0 Å². The summed E-state index contributed by atoms with van der Waals surface area (Å²) in [6, 6.07) is 10.4. The first-order valence-corrected chi connectivity index (χ1v) is 17.9. The number of esters is 1. The first-order chi connectivity index (χ1) is 23.9. The SMILES string of the molecule is COc1ccc(CC2NC(=O)/C=C/C[C@@H]([C@H](C)[C@H]3O[C@@H]3c3ccc(CN)cc3)OC(=O)[C@H](CC(C)(C)C)NC(=O)C(C)(C)[C@H](C)NC2=O)cc1Cl. The van der Waals surface area contributed by atoms with Crippen LogP contribution in [0.4, 0.5) is 0 Å². The lowest BCUT2D eigenvalue weighted by molar-refractivity contribution is -0.157. The monoisotopic (exact) mass is 724 g/mol. The predicted octanol–water partition coefficient (Wildman–Crippen LogP) is 4.93. The summed E-state index contributed by atoms with van der Waals surface area (Å²) >= 11 is 6.36. The Morgan fingerprint density at radius 1 is 1.00 bits per heavy atom. The highest BCUT2D eigenvalue weighted by Gasteiger charge is 2.48. The number of ether oxygens (including phenoxy) is 3. The summed E-state index contributed by atoms with van der Waals surface area (Å²) in [4.78, 5) is 54.9.